The second-order valence-corrected chi connectivity index (χ2v) is 15.5. The molecule has 0 aliphatic carbocycles. The van der Waals surface area contributed by atoms with Gasteiger partial charge in [-0.25, -0.2) is 15.0 Å². The van der Waals surface area contributed by atoms with Crippen molar-refractivity contribution in [1.82, 2.24) is 19.5 Å². The summed E-state index contributed by atoms with van der Waals surface area (Å²) in [5, 5.41) is 2.31. The maximum atomic E-state index is 5.38. The molecule has 0 radical (unpaired) electrons. The quantitative estimate of drug-likeness (QED) is 0.163. The zero-order valence-electron chi connectivity index (χ0n) is 31.3. The van der Waals surface area contributed by atoms with Crippen molar-refractivity contribution in [2.24, 2.45) is 0 Å². The van der Waals surface area contributed by atoms with Gasteiger partial charge in [0.1, 0.15) is 5.82 Å². The van der Waals surface area contributed by atoms with Gasteiger partial charge in [0, 0.05) is 48.1 Å². The van der Waals surface area contributed by atoms with E-state index in [9.17, 15) is 0 Å². The predicted molar refractivity (Wildman–Crippen MR) is 242 cm³/mol. The topological polar surface area (TPSA) is 43.6 Å². The van der Waals surface area contributed by atoms with Gasteiger partial charge in [-0.3, -0.25) is 4.57 Å². The van der Waals surface area contributed by atoms with Gasteiger partial charge in [0.05, 0.1) is 22.4 Å². The average Bonchev–Trinajstić information content (AvgIpc) is 3.89. The van der Waals surface area contributed by atoms with Crippen molar-refractivity contribution in [3.05, 3.63) is 206 Å². The van der Waals surface area contributed by atoms with Crippen molar-refractivity contribution in [3.8, 4) is 73.2 Å². The normalized spacial score (nSPS) is 11.4. The van der Waals surface area contributed by atoms with E-state index in [4.69, 9.17) is 15.0 Å². The molecule has 5 heteroatoms. The van der Waals surface area contributed by atoms with E-state index in [-0.39, 0.29) is 0 Å². The molecule has 0 fully saturated rings. The lowest BCUT2D eigenvalue weighted by molar-refractivity contribution is 1.11. The Hall–Kier alpha value is -7.47. The molecule has 0 amide bonds. The Kier molecular flexibility index (Phi) is 8.30. The van der Waals surface area contributed by atoms with Crippen molar-refractivity contribution in [1.29, 1.82) is 0 Å². The molecule has 0 unspecified atom stereocenters. The molecule has 58 heavy (non-hydrogen) atoms. The summed E-state index contributed by atoms with van der Waals surface area (Å²) in [6.07, 6.45) is 0. The van der Waals surface area contributed by atoms with Gasteiger partial charge < -0.3 is 0 Å². The maximum Gasteiger partial charge on any atom is 0.161 e. The number of para-hydroxylation sites is 3. The van der Waals surface area contributed by atoms with Crippen molar-refractivity contribution < 1.29 is 0 Å². The van der Waals surface area contributed by atoms with Crippen LogP contribution in [0.25, 0.3) is 104 Å². The number of nitrogens with zero attached hydrogens (tertiary/aromatic N) is 4. The summed E-state index contributed by atoms with van der Waals surface area (Å²) in [5.41, 5.74) is 13.7. The van der Waals surface area contributed by atoms with E-state index in [2.05, 4.69) is 205 Å². The summed E-state index contributed by atoms with van der Waals surface area (Å²) in [5.74, 6) is 1.61. The summed E-state index contributed by atoms with van der Waals surface area (Å²) in [4.78, 5) is 16.0. The molecule has 8 aromatic carbocycles. The van der Waals surface area contributed by atoms with Gasteiger partial charge in [-0.2, -0.15) is 0 Å². The molecule has 0 spiro atoms. The lowest BCUT2D eigenvalue weighted by atomic mass is 9.99. The van der Waals surface area contributed by atoms with E-state index in [1.54, 1.807) is 11.3 Å². The fraction of sp³-hybridized carbons (Fsp3) is 0. The minimum Gasteiger partial charge on any atom is -0.292 e. The first kappa shape index (κ1) is 33.8. The fourth-order valence-corrected chi connectivity index (χ4v) is 9.31. The minimum absolute atomic E-state index is 0.692. The standard InChI is InChI=1S/C53H34N4S/c1-4-15-35(16-5-1)37-29-31-38(32-30-37)46-34-47(40-20-12-19-39(33-40)36-17-6-2-7-18-36)55-52(54-46)43-24-14-28-49-50(43)42-23-13-25-44(51(42)58-49)53-56-45-26-10-11-27-48(45)57(53)41-21-8-3-9-22-41/h1-34H. The van der Waals surface area contributed by atoms with Crippen LogP contribution in [0.15, 0.2) is 206 Å². The van der Waals surface area contributed by atoms with Gasteiger partial charge >= 0.3 is 0 Å². The summed E-state index contributed by atoms with van der Waals surface area (Å²) in [6, 6.07) is 72.5. The average molecular weight is 759 g/mol. The largest absolute Gasteiger partial charge is 0.292 e. The highest BCUT2D eigenvalue weighted by Crippen LogP contribution is 2.44. The summed E-state index contributed by atoms with van der Waals surface area (Å²) >= 11 is 1.80. The molecule has 0 aliphatic rings. The Morgan fingerprint density at radius 2 is 0.966 bits per heavy atom. The molecule has 0 N–H and O–H groups in total. The zero-order chi connectivity index (χ0) is 38.4. The molecule has 0 saturated heterocycles. The van der Waals surface area contributed by atoms with E-state index < -0.39 is 0 Å². The van der Waals surface area contributed by atoms with Crippen molar-refractivity contribution in [3.63, 3.8) is 0 Å². The second-order valence-electron chi connectivity index (χ2n) is 14.4. The number of aromatic nitrogens is 4. The lowest BCUT2D eigenvalue weighted by Gasteiger charge is -2.12. The van der Waals surface area contributed by atoms with E-state index in [0.717, 1.165) is 72.5 Å². The van der Waals surface area contributed by atoms with Crippen LogP contribution in [-0.4, -0.2) is 19.5 Å². The number of benzene rings is 8. The molecule has 272 valence electrons. The Labute approximate surface area is 340 Å². The van der Waals surface area contributed by atoms with Crippen molar-refractivity contribution in [2.45, 2.75) is 0 Å². The second kappa shape index (κ2) is 14.2. The Morgan fingerprint density at radius 1 is 0.397 bits per heavy atom. The number of hydrogen-bond donors (Lipinski definition) is 0. The van der Waals surface area contributed by atoms with Crippen LogP contribution in [0.1, 0.15) is 0 Å². The molecule has 11 aromatic rings. The van der Waals surface area contributed by atoms with Gasteiger partial charge in [0.2, 0.25) is 0 Å². The van der Waals surface area contributed by atoms with Crippen molar-refractivity contribution >= 4 is 42.5 Å². The minimum atomic E-state index is 0.692. The SMILES string of the molecule is c1ccc(-c2ccc(-c3cc(-c4cccc(-c5ccccc5)c4)nc(-c4cccc5sc6c(-c7nc8ccccc8n7-c7ccccc7)cccc6c45)n3)cc2)cc1. The number of thiophene rings is 1. The third-order valence-electron chi connectivity index (χ3n) is 10.9. The van der Waals surface area contributed by atoms with E-state index in [1.165, 1.54) is 26.1 Å². The molecule has 0 bridgehead atoms. The number of rotatable bonds is 7. The first-order valence-electron chi connectivity index (χ1n) is 19.4. The molecule has 4 nitrogen and oxygen atoms in total. The van der Waals surface area contributed by atoms with Crippen LogP contribution >= 0.6 is 11.3 Å². The first-order valence-corrected chi connectivity index (χ1v) is 20.3. The van der Waals surface area contributed by atoms with Gasteiger partial charge in [0.25, 0.3) is 0 Å². The molecule has 0 aliphatic heterocycles. The zero-order valence-corrected chi connectivity index (χ0v) is 32.1. The van der Waals surface area contributed by atoms with Crippen LogP contribution in [0, 0.1) is 0 Å². The summed E-state index contributed by atoms with van der Waals surface area (Å²) in [7, 11) is 0. The third kappa shape index (κ3) is 5.97. The number of fused-ring (bicyclic) bond motifs is 4. The van der Waals surface area contributed by atoms with Crippen LogP contribution in [-0.2, 0) is 0 Å². The van der Waals surface area contributed by atoms with Gasteiger partial charge in [-0.15, -0.1) is 11.3 Å². The molecule has 0 atom stereocenters. The maximum absolute atomic E-state index is 5.38. The summed E-state index contributed by atoms with van der Waals surface area (Å²) < 4.78 is 4.64. The molecular weight excluding hydrogens is 725 g/mol. The predicted octanol–water partition coefficient (Wildman–Crippen LogP) is 14.2. The Balaban J connectivity index is 1.11. The van der Waals surface area contributed by atoms with Crippen molar-refractivity contribution in [2.75, 3.05) is 0 Å². The number of imidazole rings is 1. The molecule has 3 heterocycles. The van der Waals surface area contributed by atoms with Gasteiger partial charge in [-0.05, 0) is 70.8 Å². The molecular formula is C53H34N4S. The monoisotopic (exact) mass is 758 g/mol. The Morgan fingerprint density at radius 3 is 1.74 bits per heavy atom. The fourth-order valence-electron chi connectivity index (χ4n) is 8.07. The van der Waals surface area contributed by atoms with Crippen LogP contribution in [0.3, 0.4) is 0 Å². The van der Waals surface area contributed by atoms with Crippen LogP contribution in [0.2, 0.25) is 0 Å². The summed E-state index contributed by atoms with van der Waals surface area (Å²) in [6.45, 7) is 0. The number of hydrogen-bond acceptors (Lipinski definition) is 4. The molecule has 3 aromatic heterocycles. The molecule has 0 saturated carbocycles. The van der Waals surface area contributed by atoms with Gasteiger partial charge in [0.15, 0.2) is 5.82 Å². The smallest absolute Gasteiger partial charge is 0.161 e. The molecule has 11 rings (SSSR count). The van der Waals surface area contributed by atoms with Crippen LogP contribution in [0.5, 0.6) is 0 Å². The van der Waals surface area contributed by atoms with E-state index in [1.807, 2.05) is 6.07 Å². The highest BCUT2D eigenvalue weighted by molar-refractivity contribution is 7.26. The highest BCUT2D eigenvalue weighted by atomic mass is 32.1. The van der Waals surface area contributed by atoms with Crippen LogP contribution in [0.4, 0.5) is 0 Å². The highest BCUT2D eigenvalue weighted by Gasteiger charge is 2.21. The lowest BCUT2D eigenvalue weighted by Crippen LogP contribution is -1.97. The van der Waals surface area contributed by atoms with Crippen LogP contribution < -0.4 is 0 Å². The third-order valence-corrected chi connectivity index (χ3v) is 12.1. The first-order chi connectivity index (χ1) is 28.7. The van der Waals surface area contributed by atoms with E-state index >= 15 is 0 Å². The van der Waals surface area contributed by atoms with E-state index in [0.29, 0.717) is 5.82 Å². The van der Waals surface area contributed by atoms with Gasteiger partial charge in [-0.1, -0.05) is 158 Å². The Bertz CT molecular complexity index is 3260.